The molecule has 1 aromatic heterocycles. The lowest BCUT2D eigenvalue weighted by Crippen LogP contribution is -2.27. The first-order valence-electron chi connectivity index (χ1n) is 6.13. The number of hydrogen-bond donors (Lipinski definition) is 1. The molecule has 0 atom stereocenters. The van der Waals surface area contributed by atoms with Gasteiger partial charge in [-0.3, -0.25) is 4.79 Å². The second-order valence-electron chi connectivity index (χ2n) is 4.25. The third-order valence-corrected chi connectivity index (χ3v) is 3.74. The average Bonchev–Trinajstić information content (AvgIpc) is 2.85. The van der Waals surface area contributed by atoms with Gasteiger partial charge in [-0.1, -0.05) is 0 Å². The highest BCUT2D eigenvalue weighted by Gasteiger charge is 2.15. The lowest BCUT2D eigenvalue weighted by atomic mass is 10.1. The molecule has 0 bridgehead atoms. The second kappa shape index (κ2) is 6.70. The molecule has 0 unspecified atom stereocenters. The molecule has 0 aromatic carbocycles. The number of rotatable bonds is 5. The monoisotopic (exact) mass is 270 g/mol. The van der Waals surface area contributed by atoms with Crippen LogP contribution < -0.4 is 5.32 Å². The highest BCUT2D eigenvalue weighted by Crippen LogP contribution is 2.20. The largest absolute Gasteiger partial charge is 0.469 e. The number of thiazole rings is 1. The van der Waals surface area contributed by atoms with Gasteiger partial charge in [0.25, 0.3) is 0 Å². The highest BCUT2D eigenvalue weighted by atomic mass is 32.1. The Morgan fingerprint density at radius 1 is 1.61 bits per heavy atom. The Morgan fingerprint density at radius 3 is 3.11 bits per heavy atom. The number of methoxy groups -OCH3 is 1. The summed E-state index contributed by atoms with van der Waals surface area (Å²) in [6, 6.07) is 0.457. The number of ether oxygens (including phenoxy) is 2. The van der Waals surface area contributed by atoms with Gasteiger partial charge in [0.15, 0.2) is 5.13 Å². The molecule has 0 saturated carbocycles. The van der Waals surface area contributed by atoms with Crippen LogP contribution in [0.5, 0.6) is 0 Å². The van der Waals surface area contributed by atoms with Crippen molar-refractivity contribution in [3.05, 3.63) is 11.1 Å². The molecule has 5 nitrogen and oxygen atoms in total. The fraction of sp³-hybridized carbons (Fsp3) is 0.667. The van der Waals surface area contributed by atoms with Gasteiger partial charge in [-0.05, 0) is 12.8 Å². The zero-order chi connectivity index (χ0) is 12.8. The molecule has 2 rings (SSSR count). The van der Waals surface area contributed by atoms with Crippen molar-refractivity contribution in [2.45, 2.75) is 31.7 Å². The van der Waals surface area contributed by atoms with E-state index in [1.54, 1.807) is 11.3 Å². The van der Waals surface area contributed by atoms with Gasteiger partial charge in [-0.2, -0.15) is 0 Å². The Labute approximate surface area is 111 Å². The molecule has 100 valence electrons. The van der Waals surface area contributed by atoms with Crippen molar-refractivity contribution < 1.29 is 14.3 Å². The summed E-state index contributed by atoms with van der Waals surface area (Å²) in [6.45, 7) is 1.64. The Morgan fingerprint density at radius 2 is 2.39 bits per heavy atom. The van der Waals surface area contributed by atoms with Crippen molar-refractivity contribution in [3.63, 3.8) is 0 Å². The quantitative estimate of drug-likeness (QED) is 0.827. The van der Waals surface area contributed by atoms with E-state index in [0.717, 1.165) is 36.9 Å². The van der Waals surface area contributed by atoms with Crippen LogP contribution in [0.2, 0.25) is 0 Å². The Hall–Kier alpha value is -1.14. The van der Waals surface area contributed by atoms with Crippen LogP contribution in [0.25, 0.3) is 0 Å². The minimum Gasteiger partial charge on any atom is -0.469 e. The van der Waals surface area contributed by atoms with Crippen LogP contribution >= 0.6 is 11.3 Å². The van der Waals surface area contributed by atoms with Crippen molar-refractivity contribution in [1.29, 1.82) is 0 Å². The van der Waals surface area contributed by atoms with E-state index in [2.05, 4.69) is 15.0 Å². The molecule has 0 aliphatic carbocycles. The van der Waals surface area contributed by atoms with Gasteiger partial charge < -0.3 is 14.8 Å². The molecule has 0 amide bonds. The van der Waals surface area contributed by atoms with Gasteiger partial charge in [0.1, 0.15) is 0 Å². The second-order valence-corrected chi connectivity index (χ2v) is 5.11. The Kier molecular flexibility index (Phi) is 4.95. The predicted octanol–water partition coefficient (Wildman–Crippen LogP) is 1.84. The van der Waals surface area contributed by atoms with Gasteiger partial charge in [-0.25, -0.2) is 4.98 Å². The summed E-state index contributed by atoms with van der Waals surface area (Å²) in [7, 11) is 1.40. The number of aromatic nitrogens is 1. The Bertz CT molecular complexity index is 388. The Balaban J connectivity index is 1.80. The number of carbonyl (C=O) groups excluding carboxylic acids is 1. The van der Waals surface area contributed by atoms with Crippen molar-refractivity contribution >= 4 is 22.4 Å². The van der Waals surface area contributed by atoms with Crippen LogP contribution in [0, 0.1) is 0 Å². The van der Waals surface area contributed by atoms with E-state index in [-0.39, 0.29) is 5.97 Å². The maximum Gasteiger partial charge on any atom is 0.305 e. The molecule has 1 N–H and O–H groups in total. The maximum absolute atomic E-state index is 11.0. The van der Waals surface area contributed by atoms with Crippen LogP contribution in [-0.2, 0) is 20.7 Å². The lowest BCUT2D eigenvalue weighted by Gasteiger charge is -2.22. The average molecular weight is 270 g/mol. The first kappa shape index (κ1) is 13.3. The van der Waals surface area contributed by atoms with Crippen molar-refractivity contribution in [2.24, 2.45) is 0 Å². The third kappa shape index (κ3) is 3.96. The zero-order valence-electron chi connectivity index (χ0n) is 10.5. The SMILES string of the molecule is COC(=O)CCc1csc(NC2CCOCC2)n1. The number of hydrogen-bond acceptors (Lipinski definition) is 6. The summed E-state index contributed by atoms with van der Waals surface area (Å²) in [6.07, 6.45) is 3.07. The van der Waals surface area contributed by atoms with Gasteiger partial charge in [0.05, 0.1) is 19.2 Å². The normalized spacial score (nSPS) is 16.5. The first-order chi connectivity index (χ1) is 8.78. The molecule has 6 heteroatoms. The molecular weight excluding hydrogens is 252 g/mol. The zero-order valence-corrected chi connectivity index (χ0v) is 11.3. The number of aryl methyl sites for hydroxylation is 1. The van der Waals surface area contributed by atoms with Crippen LogP contribution in [0.15, 0.2) is 5.38 Å². The minimum atomic E-state index is -0.193. The molecule has 2 heterocycles. The van der Waals surface area contributed by atoms with Crippen molar-refractivity contribution in [1.82, 2.24) is 4.98 Å². The van der Waals surface area contributed by atoms with Gasteiger partial charge >= 0.3 is 5.97 Å². The molecular formula is C12H18N2O3S. The summed E-state index contributed by atoms with van der Waals surface area (Å²) >= 11 is 1.59. The number of esters is 1. The van der Waals surface area contributed by atoms with Crippen LogP contribution in [0.3, 0.4) is 0 Å². The maximum atomic E-state index is 11.0. The van der Waals surface area contributed by atoms with Gasteiger partial charge in [0, 0.05) is 31.1 Å². The first-order valence-corrected chi connectivity index (χ1v) is 7.01. The summed E-state index contributed by atoms with van der Waals surface area (Å²) in [5.74, 6) is -0.193. The van der Waals surface area contributed by atoms with E-state index < -0.39 is 0 Å². The predicted molar refractivity (Wildman–Crippen MR) is 69.9 cm³/mol. The number of nitrogens with one attached hydrogen (secondary N) is 1. The number of anilines is 1. The van der Waals surface area contributed by atoms with E-state index >= 15 is 0 Å². The van der Waals surface area contributed by atoms with Crippen molar-refractivity contribution in [3.8, 4) is 0 Å². The topological polar surface area (TPSA) is 60.5 Å². The molecule has 18 heavy (non-hydrogen) atoms. The third-order valence-electron chi connectivity index (χ3n) is 2.91. The highest BCUT2D eigenvalue weighted by molar-refractivity contribution is 7.13. The van der Waals surface area contributed by atoms with E-state index in [9.17, 15) is 4.79 Å². The van der Waals surface area contributed by atoms with E-state index in [1.807, 2.05) is 5.38 Å². The summed E-state index contributed by atoms with van der Waals surface area (Å²) in [5.41, 5.74) is 0.944. The molecule has 1 aliphatic rings. The molecule has 1 fully saturated rings. The van der Waals surface area contributed by atoms with Gasteiger partial charge in [0.2, 0.25) is 0 Å². The van der Waals surface area contributed by atoms with Crippen LogP contribution in [0.1, 0.15) is 25.0 Å². The number of nitrogens with zero attached hydrogens (tertiary/aromatic N) is 1. The standard InChI is InChI=1S/C12H18N2O3S/c1-16-11(15)3-2-10-8-18-12(14-10)13-9-4-6-17-7-5-9/h8-9H,2-7H2,1H3,(H,13,14). The fourth-order valence-corrected chi connectivity index (χ4v) is 2.66. The fourth-order valence-electron chi connectivity index (χ4n) is 1.84. The van der Waals surface area contributed by atoms with Crippen molar-refractivity contribution in [2.75, 3.05) is 25.6 Å². The molecule has 1 aliphatic heterocycles. The number of carbonyl (C=O) groups is 1. The summed E-state index contributed by atoms with van der Waals surface area (Å²) < 4.78 is 9.92. The molecule has 0 spiro atoms. The van der Waals surface area contributed by atoms with E-state index in [1.165, 1.54) is 7.11 Å². The van der Waals surface area contributed by atoms with E-state index in [0.29, 0.717) is 18.9 Å². The smallest absolute Gasteiger partial charge is 0.305 e. The minimum absolute atomic E-state index is 0.193. The van der Waals surface area contributed by atoms with Crippen LogP contribution in [-0.4, -0.2) is 37.3 Å². The summed E-state index contributed by atoms with van der Waals surface area (Å²) in [5, 5.41) is 6.34. The van der Waals surface area contributed by atoms with Gasteiger partial charge in [-0.15, -0.1) is 11.3 Å². The molecule has 1 aromatic rings. The summed E-state index contributed by atoms with van der Waals surface area (Å²) in [4.78, 5) is 15.5. The van der Waals surface area contributed by atoms with Crippen LogP contribution in [0.4, 0.5) is 5.13 Å². The van der Waals surface area contributed by atoms with E-state index in [4.69, 9.17) is 4.74 Å². The molecule has 0 radical (unpaired) electrons. The molecule has 1 saturated heterocycles. The lowest BCUT2D eigenvalue weighted by molar-refractivity contribution is -0.140.